The third kappa shape index (κ3) is 7.47. The summed E-state index contributed by atoms with van der Waals surface area (Å²) in [6.07, 6.45) is 0. The van der Waals surface area contributed by atoms with Gasteiger partial charge in [-0.3, -0.25) is 0 Å². The van der Waals surface area contributed by atoms with E-state index < -0.39 is 5.41 Å². The Kier molecular flexibility index (Phi) is 11.2. The zero-order valence-electron chi connectivity index (χ0n) is 46.0. The van der Waals surface area contributed by atoms with Crippen molar-refractivity contribution in [3.8, 4) is 33.4 Å². The second-order valence-corrected chi connectivity index (χ2v) is 26.1. The third-order valence-electron chi connectivity index (χ3n) is 17.7. The van der Waals surface area contributed by atoms with E-state index in [1.807, 2.05) is 34.4 Å². The summed E-state index contributed by atoms with van der Waals surface area (Å²) in [5.41, 5.74) is 19.3. The summed E-state index contributed by atoms with van der Waals surface area (Å²) in [7, 11) is 0. The van der Waals surface area contributed by atoms with Gasteiger partial charge in [0, 0.05) is 100 Å². The van der Waals surface area contributed by atoms with E-state index in [1.54, 1.807) is 0 Å². The zero-order valence-corrected chi connectivity index (χ0v) is 49.2. The van der Waals surface area contributed by atoms with Crippen molar-refractivity contribution in [3.05, 3.63) is 312 Å². The molecule has 86 heavy (non-hydrogen) atoms. The number of benzene rings is 13. The van der Waals surface area contributed by atoms with Gasteiger partial charge >= 0.3 is 0 Å². The summed E-state index contributed by atoms with van der Waals surface area (Å²) in [6, 6.07) is 105. The number of rotatable bonds is 8. The molecule has 3 nitrogen and oxygen atoms in total. The number of fused-ring (bicyclic) bond motifs is 18. The van der Waals surface area contributed by atoms with E-state index >= 15 is 0 Å². The second kappa shape index (κ2) is 19.4. The van der Waals surface area contributed by atoms with Gasteiger partial charge in [-0.05, 0) is 147 Å². The van der Waals surface area contributed by atoms with Gasteiger partial charge in [0.25, 0.3) is 0 Å². The van der Waals surface area contributed by atoms with Crippen LogP contribution in [0.5, 0.6) is 0 Å². The number of hydrogen-bond acceptors (Lipinski definition) is 6. The number of furan rings is 1. The van der Waals surface area contributed by atoms with Crippen molar-refractivity contribution in [2.45, 2.75) is 15.2 Å². The summed E-state index contributed by atoms with van der Waals surface area (Å²) < 4.78 is 12.0. The van der Waals surface area contributed by atoms with Crippen molar-refractivity contribution in [1.29, 1.82) is 0 Å². The Balaban J connectivity index is 0.888. The van der Waals surface area contributed by atoms with Crippen LogP contribution >= 0.6 is 46.0 Å². The van der Waals surface area contributed by atoms with Gasteiger partial charge in [-0.25, -0.2) is 0 Å². The molecule has 0 saturated carbocycles. The lowest BCUT2D eigenvalue weighted by Crippen LogP contribution is -2.32. The fraction of sp³-hybridized carbons (Fsp3) is 0.0127. The summed E-state index contributed by atoms with van der Waals surface area (Å²) >= 11 is 12.7. The van der Waals surface area contributed by atoms with E-state index in [9.17, 15) is 0 Å². The van der Waals surface area contributed by atoms with Gasteiger partial charge in [0.05, 0.1) is 16.8 Å². The van der Waals surface area contributed by atoms with Crippen LogP contribution in [0.4, 0.5) is 34.1 Å². The third-order valence-corrected chi connectivity index (χ3v) is 21.3. The molecular formula is C79H47ClN2OS3. The summed E-state index contributed by atoms with van der Waals surface area (Å²) in [5, 5.41) is 7.96. The first-order valence-corrected chi connectivity index (χ1v) is 31.8. The summed E-state index contributed by atoms with van der Waals surface area (Å²) in [6.45, 7) is 0. The van der Waals surface area contributed by atoms with E-state index in [1.165, 1.54) is 89.7 Å². The standard InChI is InChI=1S/C79H47ClN2OS3/c80-50-35-38-64-73(41-50)86-74-46-53(81(51-23-8-3-9-24-51)55-44-61(49-21-6-2-7-22-49)77-59-28-13-17-34-71(59)85-75(77)47-55)36-39-65(74)79(64)63-29-14-10-26-57(63)78-66(79)30-18-31-67(78)82(52-37-40-72-62(42-52)56-25-12-16-33-70(56)84-72)54-43-60(48-19-4-1-5-20-48)76-58-27-11-15-32-68(58)83-69(76)45-54/h1-47H. The van der Waals surface area contributed by atoms with Crippen molar-refractivity contribution in [2.75, 3.05) is 9.80 Å². The van der Waals surface area contributed by atoms with Gasteiger partial charge in [-0.2, -0.15) is 0 Å². The minimum Gasteiger partial charge on any atom is -0.456 e. The molecule has 1 unspecified atom stereocenters. The number of anilines is 6. The van der Waals surface area contributed by atoms with E-state index in [0.29, 0.717) is 5.02 Å². The molecule has 1 atom stereocenters. The molecule has 7 heteroatoms. The van der Waals surface area contributed by atoms with Gasteiger partial charge in [0.2, 0.25) is 0 Å². The Morgan fingerprint density at radius 1 is 0.326 bits per heavy atom. The van der Waals surface area contributed by atoms with E-state index in [4.69, 9.17) is 16.0 Å². The molecule has 0 amide bonds. The second-order valence-electron chi connectivity index (χ2n) is 22.4. The molecule has 4 heterocycles. The minimum absolute atomic E-state index is 0.708. The predicted molar refractivity (Wildman–Crippen MR) is 366 cm³/mol. The smallest absolute Gasteiger partial charge is 0.138 e. The van der Waals surface area contributed by atoms with Gasteiger partial charge in [-0.15, -0.1) is 22.7 Å². The highest BCUT2D eigenvalue weighted by molar-refractivity contribution is 7.99. The Hall–Kier alpha value is -9.66. The van der Waals surface area contributed by atoms with Crippen LogP contribution in [0.25, 0.3) is 95.7 Å². The van der Waals surface area contributed by atoms with Gasteiger partial charge in [-0.1, -0.05) is 205 Å². The molecule has 0 radical (unpaired) electrons. The van der Waals surface area contributed by atoms with Crippen LogP contribution < -0.4 is 9.80 Å². The van der Waals surface area contributed by atoms with Crippen molar-refractivity contribution < 1.29 is 4.42 Å². The number of para-hydroxylation sites is 2. The maximum Gasteiger partial charge on any atom is 0.138 e. The lowest BCUT2D eigenvalue weighted by atomic mass is 9.67. The molecule has 1 aliphatic carbocycles. The maximum absolute atomic E-state index is 7.15. The average Bonchev–Trinajstić information content (AvgIpc) is 1.49. The number of nitrogens with zero attached hydrogens (tertiary/aromatic N) is 2. The molecule has 0 fully saturated rings. The number of hydrogen-bond donors (Lipinski definition) is 0. The largest absolute Gasteiger partial charge is 0.456 e. The molecule has 0 N–H and O–H groups in total. The molecule has 18 rings (SSSR count). The molecule has 0 bridgehead atoms. The molecule has 16 aromatic rings. The van der Waals surface area contributed by atoms with Crippen LogP contribution in [0.1, 0.15) is 22.3 Å². The molecule has 404 valence electrons. The van der Waals surface area contributed by atoms with Gasteiger partial charge < -0.3 is 14.2 Å². The van der Waals surface area contributed by atoms with E-state index in [0.717, 1.165) is 72.1 Å². The SMILES string of the molecule is Clc1ccc2c(c1)Sc1cc(N(c3ccccc3)c3cc(-c4ccccc4)c4c(c3)sc3ccccc34)ccc1C21c2ccccc2-c2c(N(c3cc(-c4ccccc4)c4c(c3)oc3ccccc34)c3ccc4sc5ccccc5c4c3)cccc21. The van der Waals surface area contributed by atoms with Gasteiger partial charge in [0.1, 0.15) is 11.2 Å². The maximum atomic E-state index is 7.15. The van der Waals surface area contributed by atoms with E-state index in [-0.39, 0.29) is 0 Å². The van der Waals surface area contributed by atoms with Crippen LogP contribution in [0.3, 0.4) is 0 Å². The van der Waals surface area contributed by atoms with Crippen LogP contribution in [0.15, 0.2) is 299 Å². The molecule has 0 saturated heterocycles. The predicted octanol–water partition coefficient (Wildman–Crippen LogP) is 24.1. The Bertz CT molecular complexity index is 5440. The highest BCUT2D eigenvalue weighted by Gasteiger charge is 2.51. The Labute approximate surface area is 513 Å². The van der Waals surface area contributed by atoms with Crippen LogP contribution in [-0.2, 0) is 5.41 Å². The van der Waals surface area contributed by atoms with Crippen molar-refractivity contribution in [3.63, 3.8) is 0 Å². The highest BCUT2D eigenvalue weighted by Crippen LogP contribution is 2.65. The molecule has 13 aromatic carbocycles. The molecule has 1 spiro atoms. The lowest BCUT2D eigenvalue weighted by molar-refractivity contribution is 0.669. The summed E-state index contributed by atoms with van der Waals surface area (Å²) in [4.78, 5) is 7.25. The van der Waals surface area contributed by atoms with E-state index in [2.05, 4.69) is 295 Å². The zero-order chi connectivity index (χ0) is 56.6. The van der Waals surface area contributed by atoms with Crippen LogP contribution in [-0.4, -0.2) is 0 Å². The number of thiophene rings is 2. The topological polar surface area (TPSA) is 19.6 Å². The minimum atomic E-state index is -0.730. The fourth-order valence-corrected chi connectivity index (χ4v) is 18.0. The first-order chi connectivity index (χ1) is 42.5. The van der Waals surface area contributed by atoms with Crippen molar-refractivity contribution in [2.24, 2.45) is 0 Å². The summed E-state index contributed by atoms with van der Waals surface area (Å²) in [5.74, 6) is 0. The van der Waals surface area contributed by atoms with Gasteiger partial charge in [0.15, 0.2) is 0 Å². The monoisotopic (exact) mass is 1170 g/mol. The first kappa shape index (κ1) is 49.7. The Morgan fingerprint density at radius 3 is 1.70 bits per heavy atom. The molecule has 1 aliphatic heterocycles. The molecule has 3 aromatic heterocycles. The number of halogens is 1. The molecule has 2 aliphatic rings. The van der Waals surface area contributed by atoms with Crippen molar-refractivity contribution in [1.82, 2.24) is 0 Å². The first-order valence-electron chi connectivity index (χ1n) is 29.0. The van der Waals surface area contributed by atoms with Crippen LogP contribution in [0, 0.1) is 0 Å². The lowest BCUT2D eigenvalue weighted by Gasteiger charge is -2.40. The highest BCUT2D eigenvalue weighted by atomic mass is 35.5. The normalized spacial score (nSPS) is 14.1. The fourth-order valence-electron chi connectivity index (χ4n) is 14.2. The Morgan fingerprint density at radius 2 is 0.907 bits per heavy atom. The van der Waals surface area contributed by atoms with Crippen LogP contribution in [0.2, 0.25) is 5.02 Å². The average molecular weight is 1170 g/mol. The van der Waals surface area contributed by atoms with Crippen molar-refractivity contribution >= 4 is 142 Å². The molecular weight excluding hydrogens is 1120 g/mol. The quantitative estimate of drug-likeness (QED) is 0.151.